The molecule has 1 aromatic carbocycles. The topological polar surface area (TPSA) is 87.3 Å². The number of pyridine rings is 2. The smallest absolute Gasteiger partial charge is 0.267 e. The lowest BCUT2D eigenvalue weighted by Gasteiger charge is -2.12. The summed E-state index contributed by atoms with van der Waals surface area (Å²) in [4.78, 5) is 19.6. The molecule has 26 heavy (non-hydrogen) atoms. The third-order valence-electron chi connectivity index (χ3n) is 3.68. The summed E-state index contributed by atoms with van der Waals surface area (Å²) in [5.41, 5.74) is 7.51. The fourth-order valence-electron chi connectivity index (χ4n) is 2.33. The van der Waals surface area contributed by atoms with Crippen molar-refractivity contribution in [1.29, 1.82) is 0 Å². The monoisotopic (exact) mass is 353 g/mol. The molecular formula is C19H16FN3O3. The zero-order valence-electron chi connectivity index (χ0n) is 14.0. The van der Waals surface area contributed by atoms with Crippen LogP contribution in [0.3, 0.4) is 0 Å². The Kier molecular flexibility index (Phi) is 5.07. The van der Waals surface area contributed by atoms with Crippen LogP contribution in [0.4, 0.5) is 4.39 Å². The number of hydrogen-bond acceptors (Lipinski definition) is 5. The van der Waals surface area contributed by atoms with Gasteiger partial charge in [0.05, 0.1) is 13.3 Å². The minimum Gasteiger partial charge on any atom is -0.487 e. The number of ether oxygens (including phenoxy) is 2. The Morgan fingerprint density at radius 2 is 1.88 bits per heavy atom. The molecule has 2 aromatic heterocycles. The van der Waals surface area contributed by atoms with Crippen LogP contribution < -0.4 is 15.2 Å². The van der Waals surface area contributed by atoms with Crippen LogP contribution in [0.5, 0.6) is 11.6 Å². The molecule has 132 valence electrons. The first-order valence-corrected chi connectivity index (χ1v) is 7.74. The first-order chi connectivity index (χ1) is 12.6. The van der Waals surface area contributed by atoms with Gasteiger partial charge in [-0.25, -0.2) is 14.4 Å². The van der Waals surface area contributed by atoms with E-state index >= 15 is 0 Å². The number of carbonyl (C=O) groups excluding carboxylic acids is 1. The van der Waals surface area contributed by atoms with Crippen molar-refractivity contribution >= 4 is 5.91 Å². The van der Waals surface area contributed by atoms with Crippen LogP contribution >= 0.6 is 0 Å². The van der Waals surface area contributed by atoms with E-state index < -0.39 is 5.91 Å². The number of rotatable bonds is 6. The quantitative estimate of drug-likeness (QED) is 0.736. The SMILES string of the molecule is COc1ccc(COc2cnc(C(N)=O)cc2-c2ccc(F)cc2)cn1. The lowest BCUT2D eigenvalue weighted by molar-refractivity contribution is 0.0995. The summed E-state index contributed by atoms with van der Waals surface area (Å²) in [6, 6.07) is 10.9. The zero-order chi connectivity index (χ0) is 18.5. The molecule has 6 nitrogen and oxygen atoms in total. The second kappa shape index (κ2) is 7.60. The van der Waals surface area contributed by atoms with E-state index in [-0.39, 0.29) is 18.1 Å². The van der Waals surface area contributed by atoms with Gasteiger partial charge in [-0.3, -0.25) is 4.79 Å². The Morgan fingerprint density at radius 3 is 2.50 bits per heavy atom. The van der Waals surface area contributed by atoms with E-state index in [2.05, 4.69) is 9.97 Å². The molecule has 0 fully saturated rings. The van der Waals surface area contributed by atoms with Gasteiger partial charge < -0.3 is 15.2 Å². The van der Waals surface area contributed by atoms with Gasteiger partial charge in [0.15, 0.2) is 0 Å². The number of primary amides is 1. The number of amides is 1. The molecule has 0 unspecified atom stereocenters. The van der Waals surface area contributed by atoms with Gasteiger partial charge in [0.25, 0.3) is 5.91 Å². The second-order valence-electron chi connectivity index (χ2n) is 5.43. The molecular weight excluding hydrogens is 337 g/mol. The lowest BCUT2D eigenvalue weighted by atomic mass is 10.0. The predicted molar refractivity (Wildman–Crippen MR) is 93.3 cm³/mol. The maximum Gasteiger partial charge on any atom is 0.267 e. The number of nitrogens with two attached hydrogens (primary N) is 1. The van der Waals surface area contributed by atoms with Crippen molar-refractivity contribution < 1.29 is 18.7 Å². The highest BCUT2D eigenvalue weighted by Crippen LogP contribution is 2.31. The van der Waals surface area contributed by atoms with Crippen LogP contribution in [-0.4, -0.2) is 23.0 Å². The van der Waals surface area contributed by atoms with E-state index in [9.17, 15) is 9.18 Å². The van der Waals surface area contributed by atoms with Crippen LogP contribution in [-0.2, 0) is 6.61 Å². The Morgan fingerprint density at radius 1 is 1.12 bits per heavy atom. The normalized spacial score (nSPS) is 10.4. The van der Waals surface area contributed by atoms with Gasteiger partial charge in [-0.2, -0.15) is 0 Å². The number of aromatic nitrogens is 2. The van der Waals surface area contributed by atoms with Crippen molar-refractivity contribution in [1.82, 2.24) is 9.97 Å². The van der Waals surface area contributed by atoms with Gasteiger partial charge in [0.2, 0.25) is 5.88 Å². The van der Waals surface area contributed by atoms with Crippen molar-refractivity contribution in [2.24, 2.45) is 5.73 Å². The second-order valence-corrected chi connectivity index (χ2v) is 5.43. The molecule has 0 radical (unpaired) electrons. The molecule has 0 aliphatic carbocycles. The molecule has 0 spiro atoms. The summed E-state index contributed by atoms with van der Waals surface area (Å²) in [6.45, 7) is 0.239. The number of halogens is 1. The van der Waals surface area contributed by atoms with Gasteiger partial charge in [-0.15, -0.1) is 0 Å². The minimum atomic E-state index is -0.653. The van der Waals surface area contributed by atoms with Crippen molar-refractivity contribution in [3.05, 3.63) is 71.9 Å². The Bertz CT molecular complexity index is 912. The molecule has 2 N–H and O–H groups in total. The zero-order valence-corrected chi connectivity index (χ0v) is 14.0. The van der Waals surface area contributed by atoms with Gasteiger partial charge in [-0.05, 0) is 29.8 Å². The Balaban J connectivity index is 1.89. The molecule has 1 amide bonds. The van der Waals surface area contributed by atoms with Crippen LogP contribution in [0.25, 0.3) is 11.1 Å². The summed E-state index contributed by atoms with van der Waals surface area (Å²) in [7, 11) is 1.54. The Labute approximate surface area is 149 Å². The molecule has 0 saturated carbocycles. The number of carbonyl (C=O) groups is 1. The Hall–Kier alpha value is -3.48. The van der Waals surface area contributed by atoms with Gasteiger partial charge in [0.1, 0.15) is 23.9 Å². The van der Waals surface area contributed by atoms with Gasteiger partial charge in [0, 0.05) is 23.4 Å². The molecule has 3 rings (SSSR count). The highest BCUT2D eigenvalue weighted by Gasteiger charge is 2.12. The summed E-state index contributed by atoms with van der Waals surface area (Å²) in [5, 5.41) is 0. The third-order valence-corrected chi connectivity index (χ3v) is 3.68. The maximum atomic E-state index is 13.2. The average Bonchev–Trinajstić information content (AvgIpc) is 2.67. The first-order valence-electron chi connectivity index (χ1n) is 7.74. The number of hydrogen-bond donors (Lipinski definition) is 1. The van der Waals surface area contributed by atoms with E-state index in [1.54, 1.807) is 31.5 Å². The largest absolute Gasteiger partial charge is 0.487 e. The fraction of sp³-hybridized carbons (Fsp3) is 0.105. The van der Waals surface area contributed by atoms with E-state index in [4.69, 9.17) is 15.2 Å². The summed E-state index contributed by atoms with van der Waals surface area (Å²) in [6.07, 6.45) is 3.07. The van der Waals surface area contributed by atoms with Gasteiger partial charge >= 0.3 is 0 Å². The lowest BCUT2D eigenvalue weighted by Crippen LogP contribution is -2.13. The van der Waals surface area contributed by atoms with Crippen molar-refractivity contribution in [3.63, 3.8) is 0 Å². The highest BCUT2D eigenvalue weighted by molar-refractivity contribution is 5.92. The molecule has 2 heterocycles. The van der Waals surface area contributed by atoms with Crippen molar-refractivity contribution in [3.8, 4) is 22.8 Å². The predicted octanol–water partition coefficient (Wildman–Crippen LogP) is 2.97. The molecule has 7 heteroatoms. The van der Waals surface area contributed by atoms with E-state index in [1.165, 1.54) is 24.4 Å². The fourth-order valence-corrected chi connectivity index (χ4v) is 2.33. The van der Waals surface area contributed by atoms with E-state index in [1.807, 2.05) is 6.07 Å². The number of benzene rings is 1. The first kappa shape index (κ1) is 17.3. The third kappa shape index (κ3) is 3.94. The van der Waals surface area contributed by atoms with Crippen molar-refractivity contribution in [2.75, 3.05) is 7.11 Å². The maximum absolute atomic E-state index is 13.2. The summed E-state index contributed by atoms with van der Waals surface area (Å²) < 4.78 is 24.1. The summed E-state index contributed by atoms with van der Waals surface area (Å²) >= 11 is 0. The molecule has 0 atom stereocenters. The van der Waals surface area contributed by atoms with Crippen LogP contribution in [0.2, 0.25) is 0 Å². The highest BCUT2D eigenvalue weighted by atomic mass is 19.1. The minimum absolute atomic E-state index is 0.0998. The van der Waals surface area contributed by atoms with Crippen LogP contribution in [0.1, 0.15) is 16.1 Å². The molecule has 3 aromatic rings. The average molecular weight is 353 g/mol. The van der Waals surface area contributed by atoms with Crippen LogP contribution in [0.15, 0.2) is 54.9 Å². The number of nitrogens with zero attached hydrogens (tertiary/aromatic N) is 2. The van der Waals surface area contributed by atoms with E-state index in [0.717, 1.165) is 5.56 Å². The molecule has 0 aliphatic heterocycles. The molecule has 0 bridgehead atoms. The van der Waals surface area contributed by atoms with E-state index in [0.29, 0.717) is 22.8 Å². The summed E-state index contributed by atoms with van der Waals surface area (Å²) in [5.74, 6) is -0.0605. The molecule has 0 saturated heterocycles. The number of methoxy groups -OCH3 is 1. The van der Waals surface area contributed by atoms with Gasteiger partial charge in [-0.1, -0.05) is 12.1 Å². The molecule has 0 aliphatic rings. The van der Waals surface area contributed by atoms with Crippen LogP contribution in [0, 0.1) is 5.82 Å². The van der Waals surface area contributed by atoms with Crippen molar-refractivity contribution in [2.45, 2.75) is 6.61 Å². The standard InChI is InChI=1S/C19H16FN3O3/c1-25-18-7-2-12(9-23-18)11-26-17-10-22-16(19(21)24)8-15(17)13-3-5-14(20)6-4-13/h2-10H,11H2,1H3,(H2,21,24).